The highest BCUT2D eigenvalue weighted by Gasteiger charge is 2.16. The second-order valence-corrected chi connectivity index (χ2v) is 6.97. The van der Waals surface area contributed by atoms with Crippen molar-refractivity contribution in [2.75, 3.05) is 25.0 Å². The van der Waals surface area contributed by atoms with Gasteiger partial charge in [-0.05, 0) is 37.6 Å². The summed E-state index contributed by atoms with van der Waals surface area (Å²) in [7, 11) is 0. The van der Waals surface area contributed by atoms with Crippen LogP contribution in [0, 0.1) is 0 Å². The molecular formula is C23H25N5O4. The van der Waals surface area contributed by atoms with Gasteiger partial charge < -0.3 is 15.0 Å². The van der Waals surface area contributed by atoms with Crippen LogP contribution in [0.4, 0.5) is 5.69 Å². The summed E-state index contributed by atoms with van der Waals surface area (Å²) >= 11 is 0. The fraction of sp³-hybridized carbons (Fsp3) is 0.261. The number of carbonyl (C=O) groups is 3. The van der Waals surface area contributed by atoms with Gasteiger partial charge in [-0.1, -0.05) is 41.6 Å². The maximum absolute atomic E-state index is 12.5. The van der Waals surface area contributed by atoms with E-state index in [2.05, 4.69) is 15.6 Å². The molecular weight excluding hydrogens is 410 g/mol. The van der Waals surface area contributed by atoms with E-state index in [0.717, 1.165) is 5.56 Å². The summed E-state index contributed by atoms with van der Waals surface area (Å²) in [4.78, 5) is 38.5. The molecule has 0 saturated heterocycles. The molecule has 0 aliphatic rings. The number of nitrogens with zero attached hydrogens (tertiary/aromatic N) is 4. The summed E-state index contributed by atoms with van der Waals surface area (Å²) in [6.45, 7) is 4.97. The van der Waals surface area contributed by atoms with Crippen LogP contribution < -0.4 is 5.32 Å². The highest BCUT2D eigenvalue weighted by molar-refractivity contribution is 5.98. The number of benzene rings is 2. The molecule has 3 aromatic rings. The Bertz CT molecular complexity index is 1080. The third-order valence-electron chi connectivity index (χ3n) is 4.71. The Morgan fingerprint density at radius 2 is 1.78 bits per heavy atom. The molecule has 0 atom stereocenters. The van der Waals surface area contributed by atoms with Crippen LogP contribution in [-0.2, 0) is 16.1 Å². The molecule has 0 aliphatic heterocycles. The average molecular weight is 435 g/mol. The van der Waals surface area contributed by atoms with E-state index in [1.165, 1.54) is 10.9 Å². The molecule has 32 heavy (non-hydrogen) atoms. The second kappa shape index (κ2) is 10.9. The topological polar surface area (TPSA) is 106 Å². The molecule has 2 amide bonds. The zero-order valence-corrected chi connectivity index (χ0v) is 18.0. The van der Waals surface area contributed by atoms with Gasteiger partial charge in [0, 0.05) is 24.3 Å². The van der Waals surface area contributed by atoms with Crippen molar-refractivity contribution in [3.05, 3.63) is 77.6 Å². The Balaban J connectivity index is 1.52. The molecule has 2 aromatic carbocycles. The monoisotopic (exact) mass is 435 g/mol. The van der Waals surface area contributed by atoms with Crippen molar-refractivity contribution < 1.29 is 19.1 Å². The van der Waals surface area contributed by atoms with Gasteiger partial charge in [-0.25, -0.2) is 9.48 Å². The van der Waals surface area contributed by atoms with Crippen molar-refractivity contribution in [2.45, 2.75) is 20.4 Å². The molecule has 9 nitrogen and oxygen atoms in total. The molecule has 1 N–H and O–H groups in total. The van der Waals surface area contributed by atoms with Crippen molar-refractivity contribution in [1.82, 2.24) is 19.9 Å². The van der Waals surface area contributed by atoms with Crippen LogP contribution in [0.2, 0.25) is 0 Å². The van der Waals surface area contributed by atoms with E-state index < -0.39 is 18.5 Å². The smallest absolute Gasteiger partial charge is 0.361 e. The van der Waals surface area contributed by atoms with Gasteiger partial charge in [-0.15, -0.1) is 5.10 Å². The third kappa shape index (κ3) is 6.00. The van der Waals surface area contributed by atoms with Gasteiger partial charge in [0.25, 0.3) is 11.8 Å². The highest BCUT2D eigenvalue weighted by Crippen LogP contribution is 2.13. The fourth-order valence-electron chi connectivity index (χ4n) is 3.07. The second-order valence-electron chi connectivity index (χ2n) is 6.97. The minimum atomic E-state index is -0.745. The van der Waals surface area contributed by atoms with E-state index in [1.54, 1.807) is 29.2 Å². The molecule has 0 fully saturated rings. The van der Waals surface area contributed by atoms with E-state index in [0.29, 0.717) is 30.9 Å². The maximum atomic E-state index is 12.5. The number of anilines is 1. The molecule has 0 aliphatic carbocycles. The minimum absolute atomic E-state index is 0.0144. The Kier molecular flexibility index (Phi) is 7.69. The zero-order valence-electron chi connectivity index (χ0n) is 18.0. The van der Waals surface area contributed by atoms with Crippen LogP contribution in [0.1, 0.15) is 40.3 Å². The third-order valence-corrected chi connectivity index (χ3v) is 4.71. The van der Waals surface area contributed by atoms with Crippen LogP contribution in [0.15, 0.2) is 60.8 Å². The van der Waals surface area contributed by atoms with E-state index in [-0.39, 0.29) is 11.6 Å². The molecule has 0 bridgehead atoms. The standard InChI is InChI=1S/C23H25N5O4/c1-3-27(4-2)22(30)18-11-8-12-19(13-18)24-21(29)16-32-23(31)20-15-28(26-25-20)14-17-9-6-5-7-10-17/h5-13,15H,3-4,14,16H2,1-2H3,(H,24,29). The molecule has 1 aromatic heterocycles. The predicted molar refractivity (Wildman–Crippen MR) is 118 cm³/mol. The molecule has 0 radical (unpaired) electrons. The number of hydrogen-bond acceptors (Lipinski definition) is 6. The van der Waals surface area contributed by atoms with Crippen LogP contribution in [0.3, 0.4) is 0 Å². The van der Waals surface area contributed by atoms with Gasteiger partial charge >= 0.3 is 5.97 Å². The minimum Gasteiger partial charge on any atom is -0.451 e. The number of nitrogens with one attached hydrogen (secondary N) is 1. The summed E-state index contributed by atoms with van der Waals surface area (Å²) in [6, 6.07) is 16.2. The number of ether oxygens (including phenoxy) is 1. The normalized spacial score (nSPS) is 10.4. The van der Waals surface area contributed by atoms with E-state index in [4.69, 9.17) is 4.74 Å². The van der Waals surface area contributed by atoms with Gasteiger partial charge in [0.1, 0.15) is 0 Å². The highest BCUT2D eigenvalue weighted by atomic mass is 16.5. The lowest BCUT2D eigenvalue weighted by Gasteiger charge is -2.19. The quantitative estimate of drug-likeness (QED) is 0.518. The van der Waals surface area contributed by atoms with Crippen LogP contribution >= 0.6 is 0 Å². The predicted octanol–water partition coefficient (Wildman–Crippen LogP) is 2.60. The fourth-order valence-corrected chi connectivity index (χ4v) is 3.07. The average Bonchev–Trinajstić information content (AvgIpc) is 3.27. The molecule has 0 spiro atoms. The molecule has 1 heterocycles. The first-order valence-electron chi connectivity index (χ1n) is 10.3. The van der Waals surface area contributed by atoms with Crippen molar-refractivity contribution in [2.24, 2.45) is 0 Å². The molecule has 166 valence electrons. The van der Waals surface area contributed by atoms with E-state index in [9.17, 15) is 14.4 Å². The summed E-state index contributed by atoms with van der Waals surface area (Å²) in [5.74, 6) is -1.39. The largest absolute Gasteiger partial charge is 0.451 e. The van der Waals surface area contributed by atoms with Gasteiger partial charge in [0.15, 0.2) is 12.3 Å². The number of carbonyl (C=O) groups excluding carboxylic acids is 3. The molecule has 3 rings (SSSR count). The van der Waals surface area contributed by atoms with E-state index >= 15 is 0 Å². The van der Waals surface area contributed by atoms with Crippen molar-refractivity contribution in [1.29, 1.82) is 0 Å². The van der Waals surface area contributed by atoms with E-state index in [1.807, 2.05) is 44.2 Å². The van der Waals surface area contributed by atoms with Gasteiger partial charge in [-0.3, -0.25) is 9.59 Å². The summed E-state index contributed by atoms with van der Waals surface area (Å²) in [5, 5.41) is 10.3. The molecule has 9 heteroatoms. The zero-order chi connectivity index (χ0) is 22.9. The summed E-state index contributed by atoms with van der Waals surface area (Å²) in [5.41, 5.74) is 1.94. The lowest BCUT2D eigenvalue weighted by atomic mass is 10.1. The first kappa shape index (κ1) is 22.7. The van der Waals surface area contributed by atoms with Crippen LogP contribution in [-0.4, -0.2) is 57.4 Å². The number of amides is 2. The van der Waals surface area contributed by atoms with Crippen molar-refractivity contribution >= 4 is 23.5 Å². The number of hydrogen-bond donors (Lipinski definition) is 1. The Morgan fingerprint density at radius 3 is 2.50 bits per heavy atom. The number of rotatable bonds is 9. The SMILES string of the molecule is CCN(CC)C(=O)c1cccc(NC(=O)COC(=O)c2cn(Cc3ccccc3)nn2)c1. The van der Waals surface area contributed by atoms with Gasteiger partial charge in [0.2, 0.25) is 0 Å². The molecule has 0 saturated carbocycles. The number of esters is 1. The van der Waals surface area contributed by atoms with Crippen molar-refractivity contribution in [3.8, 4) is 0 Å². The van der Waals surface area contributed by atoms with Gasteiger partial charge in [0.05, 0.1) is 12.7 Å². The van der Waals surface area contributed by atoms with Crippen LogP contribution in [0.25, 0.3) is 0 Å². The Hall–Kier alpha value is -4.01. The van der Waals surface area contributed by atoms with Crippen molar-refractivity contribution in [3.63, 3.8) is 0 Å². The maximum Gasteiger partial charge on any atom is 0.361 e. The van der Waals surface area contributed by atoms with Gasteiger partial charge in [-0.2, -0.15) is 0 Å². The summed E-state index contributed by atoms with van der Waals surface area (Å²) in [6.07, 6.45) is 1.47. The molecule has 0 unspecified atom stereocenters. The Labute approximate surface area is 186 Å². The lowest BCUT2D eigenvalue weighted by molar-refractivity contribution is -0.119. The summed E-state index contributed by atoms with van der Waals surface area (Å²) < 4.78 is 6.55. The first-order valence-corrected chi connectivity index (χ1v) is 10.3. The van der Waals surface area contributed by atoms with Crippen LogP contribution in [0.5, 0.6) is 0 Å². The Morgan fingerprint density at radius 1 is 1.03 bits per heavy atom. The lowest BCUT2D eigenvalue weighted by Crippen LogP contribution is -2.30. The first-order chi connectivity index (χ1) is 15.5. The number of aromatic nitrogens is 3.